The van der Waals surface area contributed by atoms with Crippen molar-refractivity contribution in [2.75, 3.05) is 0 Å². The van der Waals surface area contributed by atoms with Crippen molar-refractivity contribution in [3.05, 3.63) is 17.1 Å². The van der Waals surface area contributed by atoms with E-state index in [9.17, 15) is 14.5 Å². The molecule has 29 heavy (non-hydrogen) atoms. The van der Waals surface area contributed by atoms with Crippen molar-refractivity contribution in [3.63, 3.8) is 0 Å². The number of carbonyl (C=O) groups excluding carboxylic acids is 2. The normalized spacial score (nSPS) is 12.2. The third-order valence-electron chi connectivity index (χ3n) is 5.09. The van der Waals surface area contributed by atoms with Gasteiger partial charge in [-0.1, -0.05) is 77.4 Å². The highest BCUT2D eigenvalue weighted by Gasteiger charge is 2.12. The van der Waals surface area contributed by atoms with Crippen LogP contribution in [0.3, 0.4) is 0 Å². The molecule has 5 heteroatoms. The highest BCUT2D eigenvalue weighted by Crippen LogP contribution is 2.15. The molecular weight excluding hydrogens is 366 g/mol. The van der Waals surface area contributed by atoms with E-state index in [1.807, 2.05) is 0 Å². The molecule has 0 aromatic carbocycles. The second-order valence-electron chi connectivity index (χ2n) is 7.92. The molecule has 0 spiro atoms. The van der Waals surface area contributed by atoms with Gasteiger partial charge in [-0.15, -0.1) is 4.91 Å². The SMILES string of the molecule is CCCCCCC(C/C=C\CCCCCCCC(=O)N=O)OC(=O)CCCCC. The Morgan fingerprint density at radius 1 is 0.793 bits per heavy atom. The summed E-state index contributed by atoms with van der Waals surface area (Å²) in [6, 6.07) is 0. The van der Waals surface area contributed by atoms with Gasteiger partial charge in [0.25, 0.3) is 5.91 Å². The summed E-state index contributed by atoms with van der Waals surface area (Å²) in [5.74, 6) is -0.584. The second kappa shape index (κ2) is 21.2. The van der Waals surface area contributed by atoms with Gasteiger partial charge in [0.15, 0.2) is 0 Å². The standard InChI is InChI=1S/C24H43NO4/c1-3-5-7-15-18-22(29-24(27)21-14-6-4-2)19-16-12-10-8-9-11-13-17-20-23(26)25-28/h12,16,22H,3-11,13-15,17-21H2,1-2H3/b16-12-. The lowest BCUT2D eigenvalue weighted by Gasteiger charge is -2.16. The van der Waals surface area contributed by atoms with Crippen LogP contribution in [0.2, 0.25) is 0 Å². The molecule has 168 valence electrons. The van der Waals surface area contributed by atoms with Crippen molar-refractivity contribution >= 4 is 11.9 Å². The van der Waals surface area contributed by atoms with Crippen LogP contribution in [-0.2, 0) is 14.3 Å². The van der Waals surface area contributed by atoms with E-state index in [4.69, 9.17) is 4.74 Å². The molecule has 1 amide bonds. The van der Waals surface area contributed by atoms with Gasteiger partial charge in [-0.25, -0.2) is 0 Å². The highest BCUT2D eigenvalue weighted by molar-refractivity contribution is 5.76. The summed E-state index contributed by atoms with van der Waals surface area (Å²) in [7, 11) is 0. The minimum absolute atomic E-state index is 0.0150. The maximum atomic E-state index is 12.0. The number of esters is 1. The van der Waals surface area contributed by atoms with Crippen LogP contribution in [0.15, 0.2) is 17.3 Å². The molecule has 5 nitrogen and oxygen atoms in total. The Hall–Kier alpha value is -1.52. The molecule has 0 radical (unpaired) electrons. The van der Waals surface area contributed by atoms with Crippen LogP contribution in [0.5, 0.6) is 0 Å². The van der Waals surface area contributed by atoms with Gasteiger partial charge in [-0.05, 0) is 38.5 Å². The number of rotatable bonds is 20. The first-order valence-electron chi connectivity index (χ1n) is 11.8. The van der Waals surface area contributed by atoms with Gasteiger partial charge in [-0.2, -0.15) is 0 Å². The van der Waals surface area contributed by atoms with Gasteiger partial charge >= 0.3 is 5.97 Å². The fourth-order valence-corrected chi connectivity index (χ4v) is 3.27. The largest absolute Gasteiger partial charge is 0.462 e. The number of nitrogens with zero attached hydrogens (tertiary/aromatic N) is 1. The van der Waals surface area contributed by atoms with Crippen LogP contribution in [-0.4, -0.2) is 18.0 Å². The van der Waals surface area contributed by atoms with E-state index in [0.717, 1.165) is 77.0 Å². The first-order valence-corrected chi connectivity index (χ1v) is 11.8. The zero-order valence-corrected chi connectivity index (χ0v) is 18.8. The van der Waals surface area contributed by atoms with Crippen molar-refractivity contribution in [1.29, 1.82) is 0 Å². The molecule has 0 fully saturated rings. The zero-order chi connectivity index (χ0) is 21.6. The van der Waals surface area contributed by atoms with E-state index in [1.54, 1.807) is 0 Å². The summed E-state index contributed by atoms with van der Waals surface area (Å²) >= 11 is 0. The van der Waals surface area contributed by atoms with Crippen LogP contribution in [0.4, 0.5) is 0 Å². The van der Waals surface area contributed by atoms with Gasteiger partial charge in [0.05, 0.1) is 0 Å². The van der Waals surface area contributed by atoms with E-state index in [0.29, 0.717) is 6.42 Å². The Labute approximate surface area is 178 Å². The van der Waals surface area contributed by atoms with Gasteiger partial charge in [0, 0.05) is 24.4 Å². The Kier molecular flexibility index (Phi) is 20.1. The lowest BCUT2D eigenvalue weighted by Crippen LogP contribution is -2.17. The fraction of sp³-hybridized carbons (Fsp3) is 0.833. The van der Waals surface area contributed by atoms with Gasteiger partial charge in [-0.3, -0.25) is 9.59 Å². The van der Waals surface area contributed by atoms with Crippen molar-refractivity contribution in [2.45, 2.75) is 129 Å². The highest BCUT2D eigenvalue weighted by atomic mass is 16.5. The number of allylic oxidation sites excluding steroid dienone is 1. The number of hydrogen-bond donors (Lipinski definition) is 0. The smallest absolute Gasteiger partial charge is 0.306 e. The number of nitroso groups, excluding NO2 is 1. The summed E-state index contributed by atoms with van der Waals surface area (Å²) in [6.07, 6.45) is 21.0. The van der Waals surface area contributed by atoms with Gasteiger partial charge < -0.3 is 4.74 Å². The van der Waals surface area contributed by atoms with E-state index in [2.05, 4.69) is 31.2 Å². The molecule has 0 aromatic heterocycles. The molecule has 0 rings (SSSR count). The van der Waals surface area contributed by atoms with Gasteiger partial charge in [0.2, 0.25) is 0 Å². The van der Waals surface area contributed by atoms with E-state index >= 15 is 0 Å². The van der Waals surface area contributed by atoms with E-state index in [1.165, 1.54) is 19.3 Å². The number of ether oxygens (including phenoxy) is 1. The third kappa shape index (κ3) is 19.6. The molecule has 0 heterocycles. The summed E-state index contributed by atoms with van der Waals surface area (Å²) in [5.41, 5.74) is 0. The lowest BCUT2D eigenvalue weighted by molar-refractivity contribution is -0.149. The molecule has 1 atom stereocenters. The number of carbonyl (C=O) groups is 2. The Bertz CT molecular complexity index is 448. The van der Waals surface area contributed by atoms with E-state index in [-0.39, 0.29) is 18.5 Å². The minimum atomic E-state index is -0.539. The van der Waals surface area contributed by atoms with Crippen molar-refractivity contribution in [1.82, 2.24) is 0 Å². The van der Waals surface area contributed by atoms with Crippen molar-refractivity contribution in [2.24, 2.45) is 5.18 Å². The van der Waals surface area contributed by atoms with Crippen LogP contribution in [0.25, 0.3) is 0 Å². The van der Waals surface area contributed by atoms with Crippen LogP contribution in [0.1, 0.15) is 123 Å². The second-order valence-corrected chi connectivity index (χ2v) is 7.92. The van der Waals surface area contributed by atoms with E-state index < -0.39 is 5.91 Å². The fourth-order valence-electron chi connectivity index (χ4n) is 3.27. The molecule has 1 unspecified atom stereocenters. The van der Waals surface area contributed by atoms with Crippen LogP contribution < -0.4 is 0 Å². The number of amides is 1. The lowest BCUT2D eigenvalue weighted by atomic mass is 10.1. The first-order chi connectivity index (χ1) is 14.1. The summed E-state index contributed by atoms with van der Waals surface area (Å²) in [4.78, 5) is 32.8. The number of hydrogen-bond acceptors (Lipinski definition) is 4. The zero-order valence-electron chi connectivity index (χ0n) is 18.8. The molecular formula is C24H43NO4. The van der Waals surface area contributed by atoms with Crippen LogP contribution in [0, 0.1) is 4.91 Å². The molecule has 0 bridgehead atoms. The Morgan fingerprint density at radius 2 is 1.41 bits per heavy atom. The number of unbranched alkanes of at least 4 members (excludes halogenated alkanes) is 10. The van der Waals surface area contributed by atoms with Crippen LogP contribution >= 0.6 is 0 Å². The molecule has 0 aromatic rings. The molecule has 0 aliphatic carbocycles. The molecule has 0 saturated heterocycles. The van der Waals surface area contributed by atoms with Gasteiger partial charge in [0.1, 0.15) is 6.10 Å². The molecule has 0 aliphatic heterocycles. The average molecular weight is 410 g/mol. The molecule has 0 aliphatic rings. The maximum Gasteiger partial charge on any atom is 0.306 e. The predicted octanol–water partition coefficient (Wildman–Crippen LogP) is 7.42. The molecule has 0 N–H and O–H groups in total. The topological polar surface area (TPSA) is 72.8 Å². The average Bonchev–Trinajstić information content (AvgIpc) is 2.72. The quantitative estimate of drug-likeness (QED) is 0.0907. The van der Waals surface area contributed by atoms with Crippen molar-refractivity contribution in [3.8, 4) is 0 Å². The first kappa shape index (κ1) is 27.5. The Morgan fingerprint density at radius 3 is 2.14 bits per heavy atom. The third-order valence-corrected chi connectivity index (χ3v) is 5.09. The van der Waals surface area contributed by atoms with Crippen molar-refractivity contribution < 1.29 is 14.3 Å². The minimum Gasteiger partial charge on any atom is -0.462 e. The summed E-state index contributed by atoms with van der Waals surface area (Å²) < 4.78 is 5.73. The summed E-state index contributed by atoms with van der Waals surface area (Å²) in [6.45, 7) is 4.34. The summed E-state index contributed by atoms with van der Waals surface area (Å²) in [5, 5.41) is 2.40. The molecule has 0 saturated carbocycles. The maximum absolute atomic E-state index is 12.0. The Balaban J connectivity index is 3.97. The predicted molar refractivity (Wildman–Crippen MR) is 120 cm³/mol. The monoisotopic (exact) mass is 409 g/mol.